The van der Waals surface area contributed by atoms with Crippen LogP contribution in [0.3, 0.4) is 0 Å². The van der Waals surface area contributed by atoms with Gasteiger partial charge in [0.1, 0.15) is 6.04 Å². The number of rotatable bonds is 11. The monoisotopic (exact) mass is 528 g/mol. The zero-order valence-electron chi connectivity index (χ0n) is 19.9. The number of hydrogen-bond donors (Lipinski definition) is 1. The van der Waals surface area contributed by atoms with Gasteiger partial charge in [-0.05, 0) is 53.4 Å². The molecule has 0 aromatic heterocycles. The number of halogens is 2. The van der Waals surface area contributed by atoms with Crippen LogP contribution in [0.5, 0.6) is 0 Å². The Morgan fingerprint density at radius 1 is 0.886 bits per heavy atom. The summed E-state index contributed by atoms with van der Waals surface area (Å²) < 4.78 is 0. The Morgan fingerprint density at radius 2 is 1.57 bits per heavy atom. The van der Waals surface area contributed by atoms with E-state index in [1.807, 2.05) is 74.5 Å². The first-order valence-electron chi connectivity index (χ1n) is 11.6. The molecule has 0 spiro atoms. The first kappa shape index (κ1) is 27.1. The SMILES string of the molecule is CC(C)CNC(=O)[C@H](Cc1ccccc1)N(Cc1cccc(Cl)c1)C(=O)CSc1ccc(Cl)cc1. The average Bonchev–Trinajstić information content (AvgIpc) is 2.85. The minimum Gasteiger partial charge on any atom is -0.354 e. The summed E-state index contributed by atoms with van der Waals surface area (Å²) in [7, 11) is 0. The third-order valence-electron chi connectivity index (χ3n) is 5.37. The lowest BCUT2D eigenvalue weighted by Crippen LogP contribution is -2.51. The second-order valence-corrected chi connectivity index (χ2v) is 10.7. The van der Waals surface area contributed by atoms with Crippen molar-refractivity contribution in [1.29, 1.82) is 0 Å². The van der Waals surface area contributed by atoms with Crippen molar-refractivity contribution >= 4 is 46.8 Å². The van der Waals surface area contributed by atoms with Crippen molar-refractivity contribution in [1.82, 2.24) is 10.2 Å². The fourth-order valence-corrected chi connectivity index (χ4v) is 4.69. The van der Waals surface area contributed by atoms with Crippen LogP contribution in [0.15, 0.2) is 83.8 Å². The van der Waals surface area contributed by atoms with Crippen LogP contribution in [0.1, 0.15) is 25.0 Å². The molecule has 0 fully saturated rings. The van der Waals surface area contributed by atoms with Crippen LogP contribution in [-0.2, 0) is 22.6 Å². The van der Waals surface area contributed by atoms with Gasteiger partial charge in [0.25, 0.3) is 0 Å². The largest absolute Gasteiger partial charge is 0.354 e. The maximum atomic E-state index is 13.6. The quantitative estimate of drug-likeness (QED) is 0.289. The van der Waals surface area contributed by atoms with Crippen LogP contribution in [0.25, 0.3) is 0 Å². The minimum atomic E-state index is -0.659. The van der Waals surface area contributed by atoms with Crippen LogP contribution in [0.4, 0.5) is 0 Å². The fraction of sp³-hybridized carbons (Fsp3) is 0.286. The lowest BCUT2D eigenvalue weighted by atomic mass is 10.0. The van der Waals surface area contributed by atoms with Crippen molar-refractivity contribution < 1.29 is 9.59 Å². The van der Waals surface area contributed by atoms with Crippen molar-refractivity contribution in [3.8, 4) is 0 Å². The van der Waals surface area contributed by atoms with Crippen molar-refractivity contribution in [3.05, 3.63) is 100 Å². The maximum absolute atomic E-state index is 13.6. The third kappa shape index (κ3) is 8.92. The molecule has 0 unspecified atom stereocenters. The number of thioether (sulfide) groups is 1. The summed E-state index contributed by atoms with van der Waals surface area (Å²) in [4.78, 5) is 29.6. The van der Waals surface area contributed by atoms with E-state index in [1.54, 1.807) is 23.1 Å². The molecule has 0 aliphatic heterocycles. The van der Waals surface area contributed by atoms with Gasteiger partial charge in [-0.15, -0.1) is 11.8 Å². The molecule has 0 radical (unpaired) electrons. The molecule has 0 saturated carbocycles. The molecule has 7 heteroatoms. The number of benzene rings is 3. The predicted octanol–water partition coefficient (Wildman–Crippen LogP) is 6.50. The molecule has 35 heavy (non-hydrogen) atoms. The van der Waals surface area contributed by atoms with E-state index in [4.69, 9.17) is 23.2 Å². The van der Waals surface area contributed by atoms with Crippen LogP contribution >= 0.6 is 35.0 Å². The maximum Gasteiger partial charge on any atom is 0.243 e. The highest BCUT2D eigenvalue weighted by molar-refractivity contribution is 8.00. The van der Waals surface area contributed by atoms with Crippen molar-refractivity contribution in [3.63, 3.8) is 0 Å². The van der Waals surface area contributed by atoms with Gasteiger partial charge in [0, 0.05) is 34.5 Å². The summed E-state index contributed by atoms with van der Waals surface area (Å²) >= 11 is 13.6. The zero-order chi connectivity index (χ0) is 25.2. The Morgan fingerprint density at radius 3 is 2.23 bits per heavy atom. The first-order chi connectivity index (χ1) is 16.8. The van der Waals surface area contributed by atoms with Crippen LogP contribution < -0.4 is 5.32 Å². The standard InChI is InChI=1S/C28H30Cl2N2O2S/c1-20(2)17-31-28(34)26(16-21-7-4-3-5-8-21)32(18-22-9-6-10-24(30)15-22)27(33)19-35-25-13-11-23(29)12-14-25/h3-15,20,26H,16-19H2,1-2H3,(H,31,34)/t26-/m0/s1. The van der Waals surface area contributed by atoms with Crippen LogP contribution in [-0.4, -0.2) is 35.1 Å². The smallest absolute Gasteiger partial charge is 0.243 e. The summed E-state index contributed by atoms with van der Waals surface area (Å²) in [5.74, 6) is 0.221. The van der Waals surface area contributed by atoms with Gasteiger partial charge in [-0.25, -0.2) is 0 Å². The number of carbonyl (C=O) groups excluding carboxylic acids is 2. The van der Waals surface area contributed by atoms with Gasteiger partial charge < -0.3 is 10.2 Å². The van der Waals surface area contributed by atoms with E-state index < -0.39 is 6.04 Å². The molecule has 184 valence electrons. The van der Waals surface area contributed by atoms with Gasteiger partial charge in [-0.2, -0.15) is 0 Å². The molecule has 3 rings (SSSR count). The number of nitrogens with zero attached hydrogens (tertiary/aromatic N) is 1. The average molecular weight is 530 g/mol. The third-order valence-corrected chi connectivity index (χ3v) is 6.86. The highest BCUT2D eigenvalue weighted by atomic mass is 35.5. The molecule has 1 N–H and O–H groups in total. The molecule has 1 atom stereocenters. The summed E-state index contributed by atoms with van der Waals surface area (Å²) in [5, 5.41) is 4.27. The number of hydrogen-bond acceptors (Lipinski definition) is 3. The van der Waals surface area contributed by atoms with Gasteiger partial charge >= 0.3 is 0 Å². The fourth-order valence-electron chi connectivity index (χ4n) is 3.57. The minimum absolute atomic E-state index is 0.120. The Bertz CT molecular complexity index is 1110. The Hall–Kier alpha value is -2.47. The van der Waals surface area contributed by atoms with Crippen LogP contribution in [0.2, 0.25) is 10.0 Å². The van der Waals surface area contributed by atoms with E-state index in [9.17, 15) is 9.59 Å². The van der Waals surface area contributed by atoms with Gasteiger partial charge in [0.15, 0.2) is 0 Å². The predicted molar refractivity (Wildman–Crippen MR) is 146 cm³/mol. The van der Waals surface area contributed by atoms with Crippen molar-refractivity contribution in [2.45, 2.75) is 37.8 Å². The van der Waals surface area contributed by atoms with E-state index in [1.165, 1.54) is 11.8 Å². The molecule has 2 amide bonds. The number of amides is 2. The van der Waals surface area contributed by atoms with Crippen LogP contribution in [0, 0.1) is 5.92 Å². The summed E-state index contributed by atoms with van der Waals surface area (Å²) in [5.41, 5.74) is 1.86. The topological polar surface area (TPSA) is 49.4 Å². The van der Waals surface area contributed by atoms with E-state index in [2.05, 4.69) is 5.32 Å². The van der Waals surface area contributed by atoms with Gasteiger partial charge in [-0.3, -0.25) is 9.59 Å². The number of carbonyl (C=O) groups is 2. The van der Waals surface area contributed by atoms with E-state index in [0.29, 0.717) is 28.9 Å². The Kier molecular flexibility index (Phi) is 10.5. The summed E-state index contributed by atoms with van der Waals surface area (Å²) in [6.45, 7) is 4.92. The van der Waals surface area contributed by atoms with Gasteiger partial charge in [0.05, 0.1) is 5.75 Å². The van der Waals surface area contributed by atoms with Gasteiger partial charge in [0.2, 0.25) is 11.8 Å². The molecular formula is C28H30Cl2N2O2S. The van der Waals surface area contributed by atoms with Crippen molar-refractivity contribution in [2.75, 3.05) is 12.3 Å². The molecule has 0 bridgehead atoms. The summed E-state index contributed by atoms with van der Waals surface area (Å²) in [6, 6.07) is 23.9. The Labute approximate surface area is 222 Å². The molecule has 0 heterocycles. The highest BCUT2D eigenvalue weighted by Crippen LogP contribution is 2.23. The van der Waals surface area contributed by atoms with Gasteiger partial charge in [-0.1, -0.05) is 79.5 Å². The second kappa shape index (κ2) is 13.6. The molecule has 3 aromatic carbocycles. The molecule has 0 aliphatic carbocycles. The van der Waals surface area contributed by atoms with E-state index in [-0.39, 0.29) is 24.1 Å². The molecule has 0 aliphatic rings. The molecule has 4 nitrogen and oxygen atoms in total. The zero-order valence-corrected chi connectivity index (χ0v) is 22.2. The molecular weight excluding hydrogens is 499 g/mol. The van der Waals surface area contributed by atoms with E-state index in [0.717, 1.165) is 16.0 Å². The molecule has 3 aromatic rings. The van der Waals surface area contributed by atoms with E-state index >= 15 is 0 Å². The second-order valence-electron chi connectivity index (χ2n) is 8.74. The normalized spacial score (nSPS) is 11.8. The Balaban J connectivity index is 1.89. The van der Waals surface area contributed by atoms with Crippen molar-refractivity contribution in [2.24, 2.45) is 5.92 Å². The summed E-state index contributed by atoms with van der Waals surface area (Å²) in [6.07, 6.45) is 0.419. The lowest BCUT2D eigenvalue weighted by Gasteiger charge is -2.32. The number of nitrogens with one attached hydrogen (secondary N) is 1. The first-order valence-corrected chi connectivity index (χ1v) is 13.3. The lowest BCUT2D eigenvalue weighted by molar-refractivity contribution is -0.139. The molecule has 0 saturated heterocycles. The highest BCUT2D eigenvalue weighted by Gasteiger charge is 2.30.